The third-order valence-corrected chi connectivity index (χ3v) is 3.02. The molecule has 6 heteroatoms. The summed E-state index contributed by atoms with van der Waals surface area (Å²) in [5.41, 5.74) is 2.06. The summed E-state index contributed by atoms with van der Waals surface area (Å²) >= 11 is 0. The highest BCUT2D eigenvalue weighted by Crippen LogP contribution is 2.28. The monoisotopic (exact) mass is 308 g/mol. The number of carbonyl (C=O) groups is 1. The molecule has 0 amide bonds. The molecule has 0 unspecified atom stereocenters. The first-order valence-corrected chi connectivity index (χ1v) is 6.42. The average Bonchev–Trinajstić information content (AvgIpc) is 2.53. The first-order valence-electron chi connectivity index (χ1n) is 6.42. The van der Waals surface area contributed by atoms with Gasteiger partial charge in [-0.25, -0.2) is 4.79 Å². The number of carbonyl (C=O) groups excluding carboxylic acids is 1. The van der Waals surface area contributed by atoms with Crippen molar-refractivity contribution in [3.05, 3.63) is 53.6 Å². The molecule has 0 aromatic heterocycles. The van der Waals surface area contributed by atoms with Crippen LogP contribution in [0.25, 0.3) is 11.1 Å². The van der Waals surface area contributed by atoms with E-state index in [2.05, 4.69) is 9.47 Å². The van der Waals surface area contributed by atoms with E-state index in [0.29, 0.717) is 11.1 Å². The number of aliphatic hydroxyl groups excluding tert-OH is 1. The van der Waals surface area contributed by atoms with E-state index < -0.39 is 12.6 Å². The highest BCUT2D eigenvalue weighted by atomic mass is 19.3. The molecule has 0 saturated carbocycles. The maximum absolute atomic E-state index is 12.4. The fraction of sp³-hybridized carbons (Fsp3) is 0.188. The van der Waals surface area contributed by atoms with Crippen LogP contribution in [-0.4, -0.2) is 24.8 Å². The second-order valence-electron chi connectivity index (χ2n) is 4.47. The van der Waals surface area contributed by atoms with Gasteiger partial charge in [-0.2, -0.15) is 8.78 Å². The molecule has 0 radical (unpaired) electrons. The van der Waals surface area contributed by atoms with Gasteiger partial charge in [0.2, 0.25) is 0 Å². The van der Waals surface area contributed by atoms with E-state index in [4.69, 9.17) is 5.11 Å². The van der Waals surface area contributed by atoms with Crippen LogP contribution in [-0.2, 0) is 11.3 Å². The SMILES string of the molecule is COC(=O)c1cc(OC(F)F)cc(-c2ccc(CO)cc2)c1. The summed E-state index contributed by atoms with van der Waals surface area (Å²) in [5, 5.41) is 9.03. The quantitative estimate of drug-likeness (QED) is 0.862. The van der Waals surface area contributed by atoms with Crippen LogP contribution in [0.15, 0.2) is 42.5 Å². The number of hydrogen-bond donors (Lipinski definition) is 1. The minimum atomic E-state index is -2.99. The number of benzene rings is 2. The Balaban J connectivity index is 2.45. The molecule has 4 nitrogen and oxygen atoms in total. The van der Waals surface area contributed by atoms with Gasteiger partial charge in [0, 0.05) is 0 Å². The Labute approximate surface area is 125 Å². The fourth-order valence-corrected chi connectivity index (χ4v) is 1.97. The Morgan fingerprint density at radius 1 is 1.14 bits per heavy atom. The molecular formula is C16H14F2O4. The van der Waals surface area contributed by atoms with Crippen LogP contribution in [0.4, 0.5) is 8.78 Å². The van der Waals surface area contributed by atoms with Crippen molar-refractivity contribution in [2.45, 2.75) is 13.2 Å². The van der Waals surface area contributed by atoms with Gasteiger partial charge in [-0.1, -0.05) is 24.3 Å². The predicted octanol–water partition coefficient (Wildman–Crippen LogP) is 3.23. The molecule has 0 saturated heterocycles. The van der Waals surface area contributed by atoms with Gasteiger partial charge in [-0.15, -0.1) is 0 Å². The Kier molecular flexibility index (Phi) is 5.06. The normalized spacial score (nSPS) is 10.6. The van der Waals surface area contributed by atoms with Crippen molar-refractivity contribution in [2.24, 2.45) is 0 Å². The summed E-state index contributed by atoms with van der Waals surface area (Å²) in [4.78, 5) is 11.6. The number of hydrogen-bond acceptors (Lipinski definition) is 4. The van der Waals surface area contributed by atoms with Gasteiger partial charge in [0.25, 0.3) is 0 Å². The van der Waals surface area contributed by atoms with E-state index in [1.807, 2.05) is 0 Å². The van der Waals surface area contributed by atoms with Gasteiger partial charge >= 0.3 is 12.6 Å². The van der Waals surface area contributed by atoms with Crippen LogP contribution >= 0.6 is 0 Å². The number of ether oxygens (including phenoxy) is 2. The molecule has 2 rings (SSSR count). The summed E-state index contributed by atoms with van der Waals surface area (Å²) in [6, 6.07) is 11.0. The van der Waals surface area contributed by atoms with E-state index in [9.17, 15) is 13.6 Å². The predicted molar refractivity (Wildman–Crippen MR) is 75.8 cm³/mol. The van der Waals surface area contributed by atoms with Crippen LogP contribution in [0, 0.1) is 0 Å². The lowest BCUT2D eigenvalue weighted by Crippen LogP contribution is -2.05. The van der Waals surface area contributed by atoms with Crippen molar-refractivity contribution >= 4 is 5.97 Å². The largest absolute Gasteiger partial charge is 0.465 e. The van der Waals surface area contributed by atoms with Gasteiger partial charge < -0.3 is 14.6 Å². The number of rotatable bonds is 5. The number of alkyl halides is 2. The van der Waals surface area contributed by atoms with Crippen LogP contribution in [0.1, 0.15) is 15.9 Å². The van der Waals surface area contributed by atoms with Crippen molar-refractivity contribution in [3.8, 4) is 16.9 Å². The molecule has 0 aliphatic heterocycles. The Bertz CT molecular complexity index is 654. The Morgan fingerprint density at radius 2 is 1.82 bits per heavy atom. The first-order chi connectivity index (χ1) is 10.5. The zero-order chi connectivity index (χ0) is 16.1. The highest BCUT2D eigenvalue weighted by Gasteiger charge is 2.13. The minimum Gasteiger partial charge on any atom is -0.465 e. The second kappa shape index (κ2) is 7.00. The molecule has 0 fully saturated rings. The molecule has 116 valence electrons. The van der Waals surface area contributed by atoms with Gasteiger partial charge in [0.1, 0.15) is 5.75 Å². The van der Waals surface area contributed by atoms with Gasteiger partial charge in [-0.05, 0) is 34.9 Å². The molecule has 0 spiro atoms. The molecular weight excluding hydrogens is 294 g/mol. The third-order valence-electron chi connectivity index (χ3n) is 3.02. The molecule has 0 bridgehead atoms. The smallest absolute Gasteiger partial charge is 0.387 e. The average molecular weight is 308 g/mol. The first kappa shape index (κ1) is 15.9. The van der Waals surface area contributed by atoms with Crippen LogP contribution < -0.4 is 4.74 Å². The molecule has 2 aromatic rings. The lowest BCUT2D eigenvalue weighted by Gasteiger charge is -2.10. The topological polar surface area (TPSA) is 55.8 Å². The lowest BCUT2D eigenvalue weighted by atomic mass is 10.0. The number of aliphatic hydroxyl groups is 1. The molecule has 22 heavy (non-hydrogen) atoms. The van der Waals surface area contributed by atoms with Crippen molar-refractivity contribution in [2.75, 3.05) is 7.11 Å². The molecule has 0 heterocycles. The maximum Gasteiger partial charge on any atom is 0.387 e. The van der Waals surface area contributed by atoms with Gasteiger partial charge in [0.05, 0.1) is 19.3 Å². The van der Waals surface area contributed by atoms with E-state index in [1.165, 1.54) is 25.3 Å². The zero-order valence-corrected chi connectivity index (χ0v) is 11.8. The highest BCUT2D eigenvalue weighted by molar-refractivity contribution is 5.91. The number of esters is 1. The van der Waals surface area contributed by atoms with Crippen molar-refractivity contribution in [1.29, 1.82) is 0 Å². The van der Waals surface area contributed by atoms with Crippen molar-refractivity contribution in [1.82, 2.24) is 0 Å². The summed E-state index contributed by atoms with van der Waals surface area (Å²) in [7, 11) is 1.21. The Morgan fingerprint density at radius 3 is 2.36 bits per heavy atom. The lowest BCUT2D eigenvalue weighted by molar-refractivity contribution is -0.0498. The summed E-state index contributed by atoms with van der Waals surface area (Å²) in [6.45, 7) is -3.08. The molecule has 0 aliphatic carbocycles. The maximum atomic E-state index is 12.4. The van der Waals surface area contributed by atoms with Gasteiger partial charge in [0.15, 0.2) is 0 Å². The minimum absolute atomic E-state index is 0.0950. The molecule has 0 aliphatic rings. The fourth-order valence-electron chi connectivity index (χ4n) is 1.97. The summed E-state index contributed by atoms with van der Waals surface area (Å²) in [5.74, 6) is -0.771. The van der Waals surface area contributed by atoms with Crippen LogP contribution in [0.2, 0.25) is 0 Å². The molecule has 2 aromatic carbocycles. The van der Waals surface area contributed by atoms with E-state index in [-0.39, 0.29) is 17.9 Å². The Hall–Kier alpha value is -2.47. The van der Waals surface area contributed by atoms with Crippen LogP contribution in [0.5, 0.6) is 5.75 Å². The van der Waals surface area contributed by atoms with E-state index >= 15 is 0 Å². The van der Waals surface area contributed by atoms with Crippen molar-refractivity contribution in [3.63, 3.8) is 0 Å². The summed E-state index contributed by atoms with van der Waals surface area (Å²) < 4.78 is 33.8. The summed E-state index contributed by atoms with van der Waals surface area (Å²) in [6.07, 6.45) is 0. The third kappa shape index (κ3) is 3.79. The van der Waals surface area contributed by atoms with Gasteiger partial charge in [-0.3, -0.25) is 0 Å². The van der Waals surface area contributed by atoms with Crippen LogP contribution in [0.3, 0.4) is 0 Å². The second-order valence-corrected chi connectivity index (χ2v) is 4.47. The number of halogens is 2. The zero-order valence-electron chi connectivity index (χ0n) is 11.8. The van der Waals surface area contributed by atoms with E-state index in [0.717, 1.165) is 5.56 Å². The van der Waals surface area contributed by atoms with E-state index in [1.54, 1.807) is 24.3 Å². The standard InChI is InChI=1S/C16H14F2O4/c1-21-15(20)13-6-12(7-14(8-13)22-16(17)18)11-4-2-10(9-19)3-5-11/h2-8,16,19H,9H2,1H3. The van der Waals surface area contributed by atoms with Crippen molar-refractivity contribution < 1.29 is 28.2 Å². The number of methoxy groups -OCH3 is 1. The molecule has 0 atom stereocenters. The molecule has 1 N–H and O–H groups in total.